The number of alkyl halides is 3. The number of halogens is 3. The van der Waals surface area contributed by atoms with Gasteiger partial charge in [0.05, 0.1) is 13.2 Å². The second kappa shape index (κ2) is 9.41. The molecule has 32 heavy (non-hydrogen) atoms. The van der Waals surface area contributed by atoms with Gasteiger partial charge in [0, 0.05) is 23.4 Å². The molecule has 172 valence electrons. The molecule has 0 bridgehead atoms. The van der Waals surface area contributed by atoms with Gasteiger partial charge in [-0.15, -0.1) is 0 Å². The van der Waals surface area contributed by atoms with Crippen LogP contribution in [-0.2, 0) is 4.79 Å². The predicted octanol–water partition coefficient (Wildman–Crippen LogP) is 3.57. The highest BCUT2D eigenvalue weighted by Gasteiger charge is 2.30. The summed E-state index contributed by atoms with van der Waals surface area (Å²) in [6.45, 7) is 1.90. The van der Waals surface area contributed by atoms with Crippen LogP contribution in [0.4, 0.5) is 19.0 Å². The maximum Gasteiger partial charge on any atom is 0.422 e. The van der Waals surface area contributed by atoms with Gasteiger partial charge in [-0.05, 0) is 50.5 Å². The molecule has 0 saturated heterocycles. The number of nitrogens with zero attached hydrogens (tertiary/aromatic N) is 2. The van der Waals surface area contributed by atoms with Crippen molar-refractivity contribution in [3.05, 3.63) is 41.2 Å². The minimum atomic E-state index is -4.51. The summed E-state index contributed by atoms with van der Waals surface area (Å²) in [5.41, 5.74) is 1.37. The largest absolute Gasteiger partial charge is 0.491 e. The number of carbonyl (C=O) groups is 2. The fraction of sp³-hybridized carbons (Fsp3) is 0.429. The predicted molar refractivity (Wildman–Crippen MR) is 109 cm³/mol. The fourth-order valence-corrected chi connectivity index (χ4v) is 2.89. The van der Waals surface area contributed by atoms with Gasteiger partial charge in [0.25, 0.3) is 11.8 Å². The van der Waals surface area contributed by atoms with E-state index in [1.807, 2.05) is 0 Å². The molecule has 2 amide bonds. The van der Waals surface area contributed by atoms with Crippen LogP contribution < -0.4 is 20.1 Å². The standard InChI is InChI=1S/C21H23F3N4O4/c1-11-6-14(8-17(26-11)28-18(29)13-4-5-13)19(30)27-12(2)15-7-16(31-3)20(25-9-15)32-10-21(22,23)24/h6-9,12-13H,4-5,10H2,1-3H3,(H,27,30)(H,26,28,29). The molecule has 11 heteroatoms. The van der Waals surface area contributed by atoms with Crippen molar-refractivity contribution in [2.75, 3.05) is 19.0 Å². The number of methoxy groups -OCH3 is 1. The zero-order chi connectivity index (χ0) is 23.5. The third-order valence-corrected chi connectivity index (χ3v) is 4.69. The average molecular weight is 452 g/mol. The number of rotatable bonds is 8. The number of hydrogen-bond acceptors (Lipinski definition) is 6. The summed E-state index contributed by atoms with van der Waals surface area (Å²) in [7, 11) is 1.28. The van der Waals surface area contributed by atoms with E-state index in [1.165, 1.54) is 25.4 Å². The Bertz CT molecular complexity index is 1010. The van der Waals surface area contributed by atoms with Gasteiger partial charge in [-0.25, -0.2) is 9.97 Å². The van der Waals surface area contributed by atoms with Gasteiger partial charge in [-0.3, -0.25) is 9.59 Å². The highest BCUT2D eigenvalue weighted by atomic mass is 19.4. The average Bonchev–Trinajstić information content (AvgIpc) is 3.56. The molecule has 1 fully saturated rings. The smallest absolute Gasteiger partial charge is 0.422 e. The van der Waals surface area contributed by atoms with Gasteiger partial charge in [0.1, 0.15) is 5.82 Å². The molecule has 1 aliphatic carbocycles. The second-order valence-electron chi connectivity index (χ2n) is 7.52. The summed E-state index contributed by atoms with van der Waals surface area (Å²) >= 11 is 0. The Balaban J connectivity index is 1.69. The Morgan fingerprint density at radius 3 is 2.59 bits per heavy atom. The molecule has 0 radical (unpaired) electrons. The molecule has 0 spiro atoms. The van der Waals surface area contributed by atoms with Gasteiger partial charge in [-0.2, -0.15) is 13.2 Å². The van der Waals surface area contributed by atoms with E-state index in [2.05, 4.69) is 25.3 Å². The molecule has 0 aromatic carbocycles. The van der Waals surface area contributed by atoms with Gasteiger partial charge >= 0.3 is 6.18 Å². The molecule has 2 aromatic heterocycles. The minimum Gasteiger partial charge on any atom is -0.491 e. The van der Waals surface area contributed by atoms with Gasteiger partial charge in [0.15, 0.2) is 12.4 Å². The number of amides is 2. The van der Waals surface area contributed by atoms with Crippen LogP contribution in [0, 0.1) is 12.8 Å². The Morgan fingerprint density at radius 1 is 1.25 bits per heavy atom. The lowest BCUT2D eigenvalue weighted by Crippen LogP contribution is -2.27. The van der Waals surface area contributed by atoms with Crippen molar-refractivity contribution in [1.29, 1.82) is 0 Å². The van der Waals surface area contributed by atoms with Gasteiger partial charge in [-0.1, -0.05) is 0 Å². The van der Waals surface area contributed by atoms with Crippen LogP contribution in [0.3, 0.4) is 0 Å². The first-order chi connectivity index (χ1) is 15.1. The van der Waals surface area contributed by atoms with Crippen molar-refractivity contribution in [2.45, 2.75) is 38.9 Å². The SMILES string of the molecule is COc1cc(C(C)NC(=O)c2cc(C)nc(NC(=O)C3CC3)c2)cnc1OCC(F)(F)F. The van der Waals surface area contributed by atoms with E-state index in [-0.39, 0.29) is 23.5 Å². The summed E-state index contributed by atoms with van der Waals surface area (Å²) in [4.78, 5) is 32.8. The third-order valence-electron chi connectivity index (χ3n) is 4.69. The highest BCUT2D eigenvalue weighted by molar-refractivity contribution is 5.97. The molecule has 1 atom stereocenters. The van der Waals surface area contributed by atoms with Crippen LogP contribution in [0.1, 0.15) is 47.4 Å². The number of nitrogens with one attached hydrogen (secondary N) is 2. The monoisotopic (exact) mass is 452 g/mol. The van der Waals surface area contributed by atoms with Gasteiger partial charge in [0.2, 0.25) is 5.91 Å². The molecular weight excluding hydrogens is 429 g/mol. The number of aryl methyl sites for hydroxylation is 1. The zero-order valence-electron chi connectivity index (χ0n) is 17.7. The van der Waals surface area contributed by atoms with Crippen LogP contribution in [0.25, 0.3) is 0 Å². The Labute approximate surface area is 182 Å². The van der Waals surface area contributed by atoms with Crippen LogP contribution in [0.15, 0.2) is 24.4 Å². The number of hydrogen-bond donors (Lipinski definition) is 2. The maximum absolute atomic E-state index is 12.7. The lowest BCUT2D eigenvalue weighted by atomic mass is 10.1. The third kappa shape index (κ3) is 6.32. The van der Waals surface area contributed by atoms with Crippen molar-refractivity contribution in [3.8, 4) is 11.6 Å². The first-order valence-electron chi connectivity index (χ1n) is 9.89. The summed E-state index contributed by atoms with van der Waals surface area (Å²) in [5, 5.41) is 5.50. The van der Waals surface area contributed by atoms with E-state index < -0.39 is 24.7 Å². The molecule has 8 nitrogen and oxygen atoms in total. The van der Waals surface area contributed by atoms with Crippen molar-refractivity contribution < 1.29 is 32.2 Å². The molecule has 3 rings (SSSR count). The Hall–Kier alpha value is -3.37. The van der Waals surface area contributed by atoms with E-state index in [0.717, 1.165) is 12.8 Å². The van der Waals surface area contributed by atoms with Crippen molar-refractivity contribution >= 4 is 17.6 Å². The lowest BCUT2D eigenvalue weighted by molar-refractivity contribution is -0.154. The van der Waals surface area contributed by atoms with Crippen LogP contribution >= 0.6 is 0 Å². The normalized spacial score (nSPS) is 14.4. The van der Waals surface area contributed by atoms with Crippen LogP contribution in [-0.4, -0.2) is 41.7 Å². The molecule has 2 aromatic rings. The number of pyridine rings is 2. The summed E-state index contributed by atoms with van der Waals surface area (Å²) in [5.74, 6) is -0.518. The summed E-state index contributed by atoms with van der Waals surface area (Å²) in [6.07, 6.45) is -1.51. The van der Waals surface area contributed by atoms with Crippen LogP contribution in [0.2, 0.25) is 0 Å². The second-order valence-corrected chi connectivity index (χ2v) is 7.52. The van der Waals surface area contributed by atoms with Crippen molar-refractivity contribution in [3.63, 3.8) is 0 Å². The topological polar surface area (TPSA) is 102 Å². The van der Waals surface area contributed by atoms with E-state index in [9.17, 15) is 22.8 Å². The molecule has 1 saturated carbocycles. The molecule has 2 N–H and O–H groups in total. The quantitative estimate of drug-likeness (QED) is 0.635. The number of aromatic nitrogens is 2. The van der Waals surface area contributed by atoms with Crippen LogP contribution in [0.5, 0.6) is 11.6 Å². The van der Waals surface area contributed by atoms with E-state index in [1.54, 1.807) is 19.9 Å². The summed E-state index contributed by atoms with van der Waals surface area (Å²) in [6, 6.07) is 3.98. The highest BCUT2D eigenvalue weighted by Crippen LogP contribution is 2.31. The zero-order valence-corrected chi connectivity index (χ0v) is 17.7. The van der Waals surface area contributed by atoms with E-state index >= 15 is 0 Å². The number of anilines is 1. The maximum atomic E-state index is 12.7. The first kappa shape index (κ1) is 23.3. The number of carbonyl (C=O) groups excluding carboxylic acids is 2. The Kier molecular flexibility index (Phi) is 6.85. The fourth-order valence-electron chi connectivity index (χ4n) is 2.89. The molecule has 1 unspecified atom stereocenters. The lowest BCUT2D eigenvalue weighted by Gasteiger charge is -2.17. The minimum absolute atomic E-state index is 0.000162. The molecule has 0 aliphatic heterocycles. The molecule has 2 heterocycles. The van der Waals surface area contributed by atoms with Crippen molar-refractivity contribution in [1.82, 2.24) is 15.3 Å². The van der Waals surface area contributed by atoms with E-state index in [0.29, 0.717) is 22.6 Å². The van der Waals surface area contributed by atoms with Crippen molar-refractivity contribution in [2.24, 2.45) is 5.92 Å². The number of ether oxygens (including phenoxy) is 2. The van der Waals surface area contributed by atoms with E-state index in [4.69, 9.17) is 4.74 Å². The summed E-state index contributed by atoms with van der Waals surface area (Å²) < 4.78 is 46.9. The Morgan fingerprint density at radius 2 is 1.97 bits per heavy atom. The molecule has 1 aliphatic rings. The molecular formula is C21H23F3N4O4. The van der Waals surface area contributed by atoms with Gasteiger partial charge < -0.3 is 20.1 Å². The first-order valence-corrected chi connectivity index (χ1v) is 9.89.